The molecule has 2 heterocycles. The van der Waals surface area contributed by atoms with E-state index < -0.39 is 6.10 Å². The van der Waals surface area contributed by atoms with Crippen molar-refractivity contribution in [1.82, 2.24) is 9.88 Å². The molecule has 1 aromatic heterocycles. The molecule has 6 nitrogen and oxygen atoms in total. The van der Waals surface area contributed by atoms with Crippen molar-refractivity contribution in [2.75, 3.05) is 13.1 Å². The van der Waals surface area contributed by atoms with E-state index in [9.17, 15) is 9.18 Å². The molecule has 8 heteroatoms. The predicted octanol–water partition coefficient (Wildman–Crippen LogP) is 4.78. The van der Waals surface area contributed by atoms with E-state index in [2.05, 4.69) is 4.98 Å². The highest BCUT2D eigenvalue weighted by atomic mass is 35.5. The molecule has 1 amide bonds. The molecule has 0 aliphatic carbocycles. The lowest BCUT2D eigenvalue weighted by Gasteiger charge is -2.21. The average molecular weight is 445 g/mol. The van der Waals surface area contributed by atoms with Crippen molar-refractivity contribution in [1.29, 1.82) is 0 Å². The van der Waals surface area contributed by atoms with Crippen molar-refractivity contribution in [3.63, 3.8) is 0 Å². The maximum atomic E-state index is 13.4. The second-order valence-electron chi connectivity index (χ2n) is 7.06. The molecule has 1 aliphatic heterocycles. The van der Waals surface area contributed by atoms with Gasteiger partial charge in [-0.1, -0.05) is 11.6 Å². The summed E-state index contributed by atoms with van der Waals surface area (Å²) in [5.74, 6) is 0.222. The van der Waals surface area contributed by atoms with E-state index in [1.807, 2.05) is 29.2 Å². The van der Waals surface area contributed by atoms with Gasteiger partial charge in [-0.25, -0.2) is 4.39 Å². The molecule has 2 aromatic carbocycles. The number of pyridine rings is 1. The lowest BCUT2D eigenvalue weighted by atomic mass is 10.0. The highest BCUT2D eigenvalue weighted by molar-refractivity contribution is 6.33. The number of carbonyl (C=O) groups is 2. The first-order valence-corrected chi connectivity index (χ1v) is 10.2. The van der Waals surface area contributed by atoms with Crippen LogP contribution in [0.15, 0.2) is 48.7 Å². The summed E-state index contributed by atoms with van der Waals surface area (Å²) in [5.41, 5.74) is 2.32. The third-order valence-electron chi connectivity index (χ3n) is 5.01. The molecule has 0 bridgehead atoms. The Bertz CT molecular complexity index is 1090. The van der Waals surface area contributed by atoms with Gasteiger partial charge in [-0.3, -0.25) is 14.6 Å². The summed E-state index contributed by atoms with van der Waals surface area (Å²) >= 11 is 6.23. The van der Waals surface area contributed by atoms with Crippen LogP contribution in [0.25, 0.3) is 22.0 Å². The van der Waals surface area contributed by atoms with Crippen LogP contribution in [0.4, 0.5) is 4.39 Å². The van der Waals surface area contributed by atoms with Crippen molar-refractivity contribution in [2.24, 2.45) is 0 Å². The molecule has 1 saturated heterocycles. The third-order valence-corrected chi connectivity index (χ3v) is 5.33. The summed E-state index contributed by atoms with van der Waals surface area (Å²) in [6, 6.07) is 11.7. The minimum atomic E-state index is -0.551. The minimum Gasteiger partial charge on any atom is -0.483 e. The topological polar surface area (TPSA) is 79.7 Å². The Kier molecular flexibility index (Phi) is 7.41. The van der Waals surface area contributed by atoms with Crippen molar-refractivity contribution in [3.05, 3.63) is 59.5 Å². The fourth-order valence-corrected chi connectivity index (χ4v) is 3.86. The van der Waals surface area contributed by atoms with Crippen LogP contribution in [-0.2, 0) is 9.59 Å². The normalized spacial score (nSPS) is 14.0. The number of amides is 1. The molecule has 31 heavy (non-hydrogen) atoms. The molecular formula is C23H22ClFN2O4. The van der Waals surface area contributed by atoms with Crippen molar-refractivity contribution in [2.45, 2.75) is 25.9 Å². The van der Waals surface area contributed by atoms with Gasteiger partial charge in [0.15, 0.2) is 6.10 Å². The number of carboxylic acid groups (broad SMARTS) is 1. The molecule has 0 spiro atoms. The first kappa shape index (κ1) is 22.5. The number of hydrogen-bond donors (Lipinski definition) is 1. The zero-order valence-corrected chi connectivity index (χ0v) is 17.7. The van der Waals surface area contributed by atoms with E-state index in [0.29, 0.717) is 10.8 Å². The smallest absolute Gasteiger partial charge is 0.290 e. The molecule has 3 aromatic rings. The van der Waals surface area contributed by atoms with Crippen molar-refractivity contribution in [3.8, 4) is 16.9 Å². The third kappa shape index (κ3) is 5.30. The van der Waals surface area contributed by atoms with Crippen LogP contribution in [0.3, 0.4) is 0 Å². The number of fused-ring (bicyclic) bond motifs is 1. The first-order chi connectivity index (χ1) is 14.9. The summed E-state index contributed by atoms with van der Waals surface area (Å²) < 4.78 is 19.3. The van der Waals surface area contributed by atoms with Gasteiger partial charge in [0, 0.05) is 36.3 Å². The fraction of sp³-hybridized carbons (Fsp3) is 0.261. The van der Waals surface area contributed by atoms with Gasteiger partial charge >= 0.3 is 0 Å². The van der Waals surface area contributed by atoms with E-state index in [1.165, 1.54) is 12.1 Å². The molecule has 4 rings (SSSR count). The number of aromatic nitrogens is 1. The number of rotatable bonds is 4. The standard InChI is InChI=1S/C22H20ClFN2O2.CH2O2/c1-14(22(27)26-10-2-3-11-26)28-16-5-7-19-17(8-9-25-21(19)13-16)18-6-4-15(24)12-20(18)23;2-1-3/h4-9,12-14H,2-3,10-11H2,1H3;1H,(H,2,3). The van der Waals surface area contributed by atoms with Crippen LogP contribution in [0.2, 0.25) is 5.02 Å². The van der Waals surface area contributed by atoms with Gasteiger partial charge in [0.1, 0.15) is 11.6 Å². The molecule has 1 atom stereocenters. The first-order valence-electron chi connectivity index (χ1n) is 9.82. The monoisotopic (exact) mass is 444 g/mol. The molecule has 1 unspecified atom stereocenters. The van der Waals surface area contributed by atoms with Crippen LogP contribution in [0.1, 0.15) is 19.8 Å². The Labute approximate surface area is 184 Å². The van der Waals surface area contributed by atoms with Gasteiger partial charge in [0.05, 0.1) is 10.5 Å². The van der Waals surface area contributed by atoms with E-state index in [-0.39, 0.29) is 18.2 Å². The lowest BCUT2D eigenvalue weighted by Crippen LogP contribution is -2.38. The Morgan fingerprint density at radius 1 is 1.19 bits per heavy atom. The Balaban J connectivity index is 0.000000858. The van der Waals surface area contributed by atoms with Crippen molar-refractivity contribution >= 4 is 34.9 Å². The number of likely N-dealkylation sites (tertiary alicyclic amines) is 1. The summed E-state index contributed by atoms with van der Waals surface area (Å²) in [4.78, 5) is 27.1. The number of nitrogens with zero attached hydrogens (tertiary/aromatic N) is 2. The number of halogens is 2. The van der Waals surface area contributed by atoms with Crippen molar-refractivity contribution < 1.29 is 23.8 Å². The van der Waals surface area contributed by atoms with Gasteiger partial charge < -0.3 is 14.7 Å². The SMILES string of the molecule is CC(Oc1ccc2c(-c3ccc(F)cc3Cl)ccnc2c1)C(=O)N1CCCC1.O=CO. The Morgan fingerprint density at radius 3 is 2.58 bits per heavy atom. The lowest BCUT2D eigenvalue weighted by molar-refractivity contribution is -0.136. The van der Waals surface area contributed by atoms with E-state index >= 15 is 0 Å². The number of benzene rings is 2. The number of carbonyl (C=O) groups excluding carboxylic acids is 1. The van der Waals surface area contributed by atoms with Gasteiger partial charge in [0.25, 0.3) is 12.4 Å². The van der Waals surface area contributed by atoms with Crippen LogP contribution in [0, 0.1) is 5.82 Å². The molecule has 0 radical (unpaired) electrons. The summed E-state index contributed by atoms with van der Waals surface area (Å²) in [6.45, 7) is 3.12. The van der Waals surface area contributed by atoms with Crippen LogP contribution in [-0.4, -0.2) is 46.6 Å². The Morgan fingerprint density at radius 2 is 1.90 bits per heavy atom. The van der Waals surface area contributed by atoms with Gasteiger partial charge in [0.2, 0.25) is 0 Å². The Hall–Kier alpha value is -3.19. The van der Waals surface area contributed by atoms with Gasteiger partial charge in [-0.2, -0.15) is 0 Å². The summed E-state index contributed by atoms with van der Waals surface area (Å²) in [5, 5.41) is 8.11. The molecule has 1 N–H and O–H groups in total. The molecule has 162 valence electrons. The second kappa shape index (κ2) is 10.2. The number of ether oxygens (including phenoxy) is 1. The van der Waals surface area contributed by atoms with E-state index in [1.54, 1.807) is 19.2 Å². The zero-order chi connectivity index (χ0) is 22.4. The van der Waals surface area contributed by atoms with Crippen LogP contribution in [0.5, 0.6) is 5.75 Å². The zero-order valence-electron chi connectivity index (χ0n) is 16.9. The van der Waals surface area contributed by atoms with E-state index in [0.717, 1.165) is 48.0 Å². The highest BCUT2D eigenvalue weighted by Gasteiger charge is 2.24. The highest BCUT2D eigenvalue weighted by Crippen LogP contribution is 2.34. The summed E-state index contributed by atoms with van der Waals surface area (Å²) in [6.07, 6.45) is 3.23. The maximum Gasteiger partial charge on any atom is 0.290 e. The number of hydrogen-bond acceptors (Lipinski definition) is 4. The van der Waals surface area contributed by atoms with Gasteiger partial charge in [-0.15, -0.1) is 0 Å². The predicted molar refractivity (Wildman–Crippen MR) is 117 cm³/mol. The average Bonchev–Trinajstić information content (AvgIpc) is 3.28. The molecule has 1 fully saturated rings. The van der Waals surface area contributed by atoms with Crippen LogP contribution >= 0.6 is 11.6 Å². The minimum absolute atomic E-state index is 0.0115. The van der Waals surface area contributed by atoms with E-state index in [4.69, 9.17) is 26.2 Å². The fourth-order valence-electron chi connectivity index (χ4n) is 3.59. The maximum absolute atomic E-state index is 13.4. The molecular weight excluding hydrogens is 423 g/mol. The molecule has 0 saturated carbocycles. The molecule has 1 aliphatic rings. The quantitative estimate of drug-likeness (QED) is 0.585. The largest absolute Gasteiger partial charge is 0.483 e. The second-order valence-corrected chi connectivity index (χ2v) is 7.47. The van der Waals surface area contributed by atoms with Gasteiger partial charge in [-0.05, 0) is 61.7 Å². The van der Waals surface area contributed by atoms with Crippen LogP contribution < -0.4 is 4.74 Å². The summed E-state index contributed by atoms with van der Waals surface area (Å²) in [7, 11) is 0.